The summed E-state index contributed by atoms with van der Waals surface area (Å²) in [4.78, 5) is 17.8. The van der Waals surface area contributed by atoms with Crippen LogP contribution in [-0.2, 0) is 0 Å². The number of hydrogen-bond acceptors (Lipinski definition) is 5. The summed E-state index contributed by atoms with van der Waals surface area (Å²) in [7, 11) is 1.36. The van der Waals surface area contributed by atoms with E-state index in [2.05, 4.69) is 9.72 Å². The Morgan fingerprint density at radius 3 is 2.77 bits per heavy atom. The highest BCUT2D eigenvalue weighted by Gasteiger charge is 2.12. The van der Waals surface area contributed by atoms with Gasteiger partial charge in [0.2, 0.25) is 0 Å². The highest BCUT2D eigenvalue weighted by molar-refractivity contribution is 7.15. The van der Waals surface area contributed by atoms with Gasteiger partial charge in [0.15, 0.2) is 16.5 Å². The number of nitrogens with zero attached hydrogens (tertiary/aromatic N) is 2. The first-order valence-electron chi connectivity index (χ1n) is 7.61. The second-order valence-electron chi connectivity index (χ2n) is 5.42. The zero-order chi connectivity index (χ0) is 18.3. The highest BCUT2D eigenvalue weighted by Crippen LogP contribution is 2.29. The van der Waals surface area contributed by atoms with Crippen molar-refractivity contribution >= 4 is 33.4 Å². The van der Waals surface area contributed by atoms with Crippen LogP contribution in [0.1, 0.15) is 5.56 Å². The SMILES string of the molecule is COc1cc(C=c2sc3nc4ccccc4n3c2=O)ccc1OC(F)F. The van der Waals surface area contributed by atoms with Gasteiger partial charge in [-0.05, 0) is 35.9 Å². The van der Waals surface area contributed by atoms with Crippen LogP contribution in [0.4, 0.5) is 8.78 Å². The molecular weight excluding hydrogens is 362 g/mol. The molecule has 0 spiro atoms. The molecule has 132 valence electrons. The molecule has 4 aromatic rings. The summed E-state index contributed by atoms with van der Waals surface area (Å²) in [5, 5.41) is 0. The Morgan fingerprint density at radius 1 is 1.19 bits per heavy atom. The molecule has 0 saturated carbocycles. The van der Waals surface area contributed by atoms with E-state index >= 15 is 0 Å². The van der Waals surface area contributed by atoms with Gasteiger partial charge in [0.25, 0.3) is 5.56 Å². The van der Waals surface area contributed by atoms with Crippen LogP contribution in [-0.4, -0.2) is 23.1 Å². The number of ether oxygens (including phenoxy) is 2. The summed E-state index contributed by atoms with van der Waals surface area (Å²) in [6, 6.07) is 11.9. The molecular formula is C18H12F2N2O3S. The minimum Gasteiger partial charge on any atom is -0.493 e. The Bertz CT molecular complexity index is 1220. The van der Waals surface area contributed by atoms with Crippen LogP contribution < -0.4 is 19.6 Å². The van der Waals surface area contributed by atoms with Crippen molar-refractivity contribution in [1.82, 2.24) is 9.38 Å². The van der Waals surface area contributed by atoms with Gasteiger partial charge in [-0.15, -0.1) is 0 Å². The predicted octanol–water partition coefficient (Wildman–Crippen LogP) is 3.07. The number of fused-ring (bicyclic) bond motifs is 3. The first-order chi connectivity index (χ1) is 12.6. The van der Waals surface area contributed by atoms with Crippen molar-refractivity contribution in [3.8, 4) is 11.5 Å². The Hall–Kier alpha value is -3.00. The normalized spacial score (nSPS) is 12.4. The van der Waals surface area contributed by atoms with Gasteiger partial charge < -0.3 is 9.47 Å². The number of thiazole rings is 1. The average molecular weight is 374 g/mol. The van der Waals surface area contributed by atoms with E-state index in [1.807, 2.05) is 24.3 Å². The molecule has 0 radical (unpaired) electrons. The molecule has 4 rings (SSSR count). The maximum Gasteiger partial charge on any atom is 0.387 e. The zero-order valence-corrected chi connectivity index (χ0v) is 14.3. The summed E-state index contributed by atoms with van der Waals surface area (Å²) >= 11 is 1.26. The summed E-state index contributed by atoms with van der Waals surface area (Å²) in [6.07, 6.45) is 1.67. The third-order valence-corrected chi connectivity index (χ3v) is 4.82. The van der Waals surface area contributed by atoms with Gasteiger partial charge in [0, 0.05) is 0 Å². The lowest BCUT2D eigenvalue weighted by atomic mass is 10.2. The lowest BCUT2D eigenvalue weighted by Gasteiger charge is -2.09. The maximum absolute atomic E-state index is 12.7. The van der Waals surface area contributed by atoms with E-state index in [0.29, 0.717) is 15.1 Å². The van der Waals surface area contributed by atoms with Crippen LogP contribution in [0.25, 0.3) is 22.1 Å². The van der Waals surface area contributed by atoms with E-state index in [1.165, 1.54) is 30.6 Å². The second-order valence-corrected chi connectivity index (χ2v) is 6.43. The van der Waals surface area contributed by atoms with Crippen LogP contribution in [0.5, 0.6) is 11.5 Å². The molecule has 2 aromatic carbocycles. The first kappa shape index (κ1) is 16.5. The van der Waals surface area contributed by atoms with Crippen molar-refractivity contribution in [2.75, 3.05) is 7.11 Å². The number of methoxy groups -OCH3 is 1. The fourth-order valence-corrected chi connectivity index (χ4v) is 3.72. The number of aromatic nitrogens is 2. The van der Waals surface area contributed by atoms with Crippen molar-refractivity contribution in [1.29, 1.82) is 0 Å². The van der Waals surface area contributed by atoms with E-state index in [4.69, 9.17) is 4.74 Å². The summed E-state index contributed by atoms with van der Waals surface area (Å²) in [5.74, 6) is 0.104. The quantitative estimate of drug-likeness (QED) is 0.551. The standard InChI is InChI=1S/C18H12F2N2O3S/c1-24-14-8-10(6-7-13(14)25-17(19)20)9-15-16(23)22-12-5-3-2-4-11(12)21-18(22)26-15/h2-9,17H,1H3. The Kier molecular flexibility index (Phi) is 4.04. The number of rotatable bonds is 4. The van der Waals surface area contributed by atoms with Gasteiger partial charge in [-0.3, -0.25) is 4.79 Å². The molecule has 0 saturated heterocycles. The van der Waals surface area contributed by atoms with Gasteiger partial charge in [0.1, 0.15) is 0 Å². The monoisotopic (exact) mass is 374 g/mol. The fraction of sp³-hybridized carbons (Fsp3) is 0.111. The van der Waals surface area contributed by atoms with Gasteiger partial charge >= 0.3 is 6.61 Å². The molecule has 26 heavy (non-hydrogen) atoms. The number of hydrogen-bond donors (Lipinski definition) is 0. The number of alkyl halides is 2. The molecule has 0 unspecified atom stereocenters. The highest BCUT2D eigenvalue weighted by atomic mass is 32.1. The molecule has 0 bridgehead atoms. The first-order valence-corrected chi connectivity index (χ1v) is 8.43. The Morgan fingerprint density at radius 2 is 2.00 bits per heavy atom. The van der Waals surface area contributed by atoms with Crippen LogP contribution in [0.15, 0.2) is 47.3 Å². The molecule has 0 N–H and O–H groups in total. The largest absolute Gasteiger partial charge is 0.493 e. The van der Waals surface area contributed by atoms with Crippen molar-refractivity contribution in [3.63, 3.8) is 0 Å². The van der Waals surface area contributed by atoms with E-state index < -0.39 is 6.61 Å². The van der Waals surface area contributed by atoms with E-state index in [9.17, 15) is 13.6 Å². The van der Waals surface area contributed by atoms with Gasteiger partial charge in [-0.1, -0.05) is 29.5 Å². The minimum absolute atomic E-state index is 0.0611. The van der Waals surface area contributed by atoms with Gasteiger partial charge in [0.05, 0.1) is 22.7 Å². The van der Waals surface area contributed by atoms with Gasteiger partial charge in [-0.25, -0.2) is 9.38 Å². The van der Waals surface area contributed by atoms with E-state index in [0.717, 1.165) is 11.0 Å². The molecule has 0 amide bonds. The molecule has 0 atom stereocenters. The van der Waals surface area contributed by atoms with Crippen molar-refractivity contribution < 1.29 is 18.3 Å². The molecule has 2 aromatic heterocycles. The number of benzene rings is 2. The maximum atomic E-state index is 12.7. The summed E-state index contributed by atoms with van der Waals surface area (Å²) in [5.41, 5.74) is 1.97. The number of para-hydroxylation sites is 2. The number of halogens is 2. The fourth-order valence-electron chi connectivity index (χ4n) is 2.73. The molecule has 0 aliphatic carbocycles. The third kappa shape index (κ3) is 2.78. The summed E-state index contributed by atoms with van der Waals surface area (Å²) in [6.45, 7) is -2.94. The van der Waals surface area contributed by atoms with E-state index in [1.54, 1.807) is 16.5 Å². The molecule has 0 aliphatic heterocycles. The molecule has 0 aliphatic rings. The molecule has 2 heterocycles. The lowest BCUT2D eigenvalue weighted by Crippen LogP contribution is -2.22. The third-order valence-electron chi connectivity index (χ3n) is 3.85. The van der Waals surface area contributed by atoms with Gasteiger partial charge in [-0.2, -0.15) is 8.78 Å². The van der Waals surface area contributed by atoms with Crippen molar-refractivity contribution in [2.45, 2.75) is 6.61 Å². The Balaban J connectivity index is 1.83. The smallest absolute Gasteiger partial charge is 0.387 e. The van der Waals surface area contributed by atoms with E-state index in [-0.39, 0.29) is 17.1 Å². The lowest BCUT2D eigenvalue weighted by molar-refractivity contribution is -0.0512. The number of imidazole rings is 1. The molecule has 8 heteroatoms. The van der Waals surface area contributed by atoms with Crippen molar-refractivity contribution in [2.24, 2.45) is 0 Å². The molecule has 5 nitrogen and oxygen atoms in total. The van der Waals surface area contributed by atoms with Crippen LogP contribution in [0.2, 0.25) is 0 Å². The van der Waals surface area contributed by atoms with Crippen LogP contribution in [0.3, 0.4) is 0 Å². The predicted molar refractivity (Wildman–Crippen MR) is 95.3 cm³/mol. The zero-order valence-electron chi connectivity index (χ0n) is 13.5. The average Bonchev–Trinajstić information content (AvgIpc) is 3.12. The second kappa shape index (κ2) is 6.38. The molecule has 0 fully saturated rings. The van der Waals surface area contributed by atoms with Crippen molar-refractivity contribution in [3.05, 3.63) is 62.9 Å². The van der Waals surface area contributed by atoms with Crippen LogP contribution in [0, 0.1) is 0 Å². The topological polar surface area (TPSA) is 52.8 Å². The van der Waals surface area contributed by atoms with Crippen LogP contribution >= 0.6 is 11.3 Å². The summed E-state index contributed by atoms with van der Waals surface area (Å²) < 4.78 is 36.4. The Labute approximate surface area is 149 Å². The minimum atomic E-state index is -2.94.